The van der Waals surface area contributed by atoms with Gasteiger partial charge < -0.3 is 15.0 Å². The van der Waals surface area contributed by atoms with E-state index in [0.717, 1.165) is 11.6 Å². The Bertz CT molecular complexity index is 1160. The van der Waals surface area contributed by atoms with Crippen LogP contribution < -0.4 is 10.9 Å². The molecule has 1 heterocycles. The number of nitro benzene ring substituents is 1. The third kappa shape index (κ3) is 4.58. The summed E-state index contributed by atoms with van der Waals surface area (Å²) in [6.45, 7) is 0.244. The smallest absolute Gasteiger partial charge is 0.330 e. The number of hydrogen-bond acceptors (Lipinski definition) is 5. The van der Waals surface area contributed by atoms with Crippen LogP contribution in [0.3, 0.4) is 0 Å². The number of carboxylic acid groups (broad SMARTS) is 1. The quantitative estimate of drug-likeness (QED) is 0.456. The van der Waals surface area contributed by atoms with Crippen molar-refractivity contribution in [1.82, 2.24) is 9.88 Å². The highest BCUT2D eigenvalue weighted by atomic mass is 16.6. The zero-order valence-electron chi connectivity index (χ0n) is 15.6. The molecule has 0 fully saturated rings. The summed E-state index contributed by atoms with van der Waals surface area (Å²) < 4.78 is 1.34. The van der Waals surface area contributed by atoms with E-state index in [1.807, 2.05) is 30.3 Å². The molecule has 0 aliphatic rings. The average Bonchev–Trinajstić information content (AvgIpc) is 2.74. The molecule has 1 atom stereocenters. The summed E-state index contributed by atoms with van der Waals surface area (Å²) in [4.78, 5) is 47.3. The number of aliphatic carboxylic acids is 1. The van der Waals surface area contributed by atoms with Gasteiger partial charge in [0.25, 0.3) is 17.2 Å². The molecule has 2 N–H and O–H groups in total. The number of rotatable bonds is 7. The number of amides is 1. The van der Waals surface area contributed by atoms with E-state index in [9.17, 15) is 29.6 Å². The van der Waals surface area contributed by atoms with Crippen molar-refractivity contribution in [1.29, 1.82) is 0 Å². The van der Waals surface area contributed by atoms with Gasteiger partial charge in [-0.2, -0.15) is 0 Å². The number of aromatic nitrogens is 1. The van der Waals surface area contributed by atoms with Crippen molar-refractivity contribution in [3.05, 3.63) is 110 Å². The van der Waals surface area contributed by atoms with Crippen molar-refractivity contribution in [2.75, 3.05) is 0 Å². The van der Waals surface area contributed by atoms with Crippen LogP contribution in [0.5, 0.6) is 0 Å². The van der Waals surface area contributed by atoms with E-state index >= 15 is 0 Å². The molecule has 0 radical (unpaired) electrons. The summed E-state index contributed by atoms with van der Waals surface area (Å²) in [6, 6.07) is 15.4. The molecule has 2 aromatic carbocycles. The van der Waals surface area contributed by atoms with Crippen molar-refractivity contribution in [2.45, 2.75) is 12.6 Å². The molecule has 0 saturated heterocycles. The summed E-state index contributed by atoms with van der Waals surface area (Å²) in [5.41, 5.74) is -0.243. The molecule has 1 aromatic heterocycles. The summed E-state index contributed by atoms with van der Waals surface area (Å²) in [5.74, 6) is -2.30. The number of carboxylic acids is 1. The molecule has 3 aromatic rings. The van der Waals surface area contributed by atoms with E-state index in [0.29, 0.717) is 0 Å². The van der Waals surface area contributed by atoms with E-state index in [1.54, 1.807) is 0 Å². The fourth-order valence-corrected chi connectivity index (χ4v) is 2.93. The summed E-state index contributed by atoms with van der Waals surface area (Å²) in [7, 11) is 0. The second kappa shape index (κ2) is 8.82. The van der Waals surface area contributed by atoms with Crippen LogP contribution in [0.4, 0.5) is 5.69 Å². The number of pyridine rings is 1. The number of hydrogen-bond donors (Lipinski definition) is 2. The molecule has 9 heteroatoms. The lowest BCUT2D eigenvalue weighted by Crippen LogP contribution is -2.38. The molecule has 0 spiro atoms. The van der Waals surface area contributed by atoms with E-state index in [1.165, 1.54) is 41.1 Å². The van der Waals surface area contributed by atoms with Crippen molar-refractivity contribution in [2.24, 2.45) is 0 Å². The standard InChI is InChI=1S/C21H17N3O6/c25-19(22-18(21(27)28)15-8-4-9-16(12-15)24(29)30)17-10-5-11-23(20(17)26)13-14-6-2-1-3-7-14/h1-12,18H,13H2,(H,22,25)(H,27,28). The predicted octanol–water partition coefficient (Wildman–Crippen LogP) is 2.36. The van der Waals surface area contributed by atoms with Crippen LogP contribution >= 0.6 is 0 Å². The minimum atomic E-state index is -1.56. The lowest BCUT2D eigenvalue weighted by molar-refractivity contribution is -0.384. The van der Waals surface area contributed by atoms with Crippen LogP contribution in [-0.4, -0.2) is 26.5 Å². The number of nitro groups is 1. The summed E-state index contributed by atoms with van der Waals surface area (Å²) in [5, 5.41) is 22.7. The van der Waals surface area contributed by atoms with Crippen molar-refractivity contribution < 1.29 is 19.6 Å². The first kappa shape index (κ1) is 20.5. The van der Waals surface area contributed by atoms with E-state index < -0.39 is 28.4 Å². The highest BCUT2D eigenvalue weighted by Crippen LogP contribution is 2.20. The number of non-ortho nitro benzene ring substituents is 1. The fraction of sp³-hybridized carbons (Fsp3) is 0.0952. The SMILES string of the molecule is O=C(NC(C(=O)O)c1cccc([N+](=O)[O-])c1)c1cccn(Cc2ccccc2)c1=O. The Hall–Kier alpha value is -4.27. The van der Waals surface area contributed by atoms with Gasteiger partial charge >= 0.3 is 5.97 Å². The Morgan fingerprint density at radius 2 is 1.80 bits per heavy atom. The number of nitrogens with zero attached hydrogens (tertiary/aromatic N) is 2. The van der Waals surface area contributed by atoms with Gasteiger partial charge in [-0.25, -0.2) is 4.79 Å². The van der Waals surface area contributed by atoms with Gasteiger partial charge in [0.15, 0.2) is 6.04 Å². The summed E-state index contributed by atoms with van der Waals surface area (Å²) in [6.07, 6.45) is 1.53. The molecule has 152 valence electrons. The Balaban J connectivity index is 1.87. The van der Waals surface area contributed by atoms with Crippen molar-refractivity contribution in [3.8, 4) is 0 Å². The third-order valence-electron chi connectivity index (χ3n) is 4.40. The van der Waals surface area contributed by atoms with Crippen LogP contribution in [0.1, 0.15) is 27.5 Å². The van der Waals surface area contributed by atoms with Gasteiger partial charge in [0.05, 0.1) is 11.5 Å². The first-order chi connectivity index (χ1) is 14.4. The fourth-order valence-electron chi connectivity index (χ4n) is 2.93. The molecular formula is C21H17N3O6. The second-order valence-corrected chi connectivity index (χ2v) is 6.44. The van der Waals surface area contributed by atoms with Crippen molar-refractivity contribution in [3.63, 3.8) is 0 Å². The molecule has 1 amide bonds. The topological polar surface area (TPSA) is 132 Å². The first-order valence-corrected chi connectivity index (χ1v) is 8.88. The van der Waals surface area contributed by atoms with Crippen LogP contribution in [0.2, 0.25) is 0 Å². The molecule has 0 bridgehead atoms. The Labute approximate surface area is 170 Å². The normalized spacial score (nSPS) is 11.5. The Morgan fingerprint density at radius 1 is 1.07 bits per heavy atom. The van der Waals surface area contributed by atoms with Gasteiger partial charge in [-0.1, -0.05) is 42.5 Å². The van der Waals surface area contributed by atoms with Gasteiger partial charge in [0.1, 0.15) is 5.56 Å². The molecule has 30 heavy (non-hydrogen) atoms. The van der Waals surface area contributed by atoms with Crippen LogP contribution in [0, 0.1) is 10.1 Å². The minimum Gasteiger partial charge on any atom is -0.479 e. The number of carbonyl (C=O) groups excluding carboxylic acids is 1. The maximum Gasteiger partial charge on any atom is 0.330 e. The maximum atomic E-state index is 12.7. The Morgan fingerprint density at radius 3 is 2.47 bits per heavy atom. The van der Waals surface area contributed by atoms with Crippen LogP contribution in [-0.2, 0) is 11.3 Å². The van der Waals surface area contributed by atoms with Gasteiger partial charge in [0, 0.05) is 18.3 Å². The van der Waals surface area contributed by atoms with Crippen LogP contribution in [0.15, 0.2) is 77.7 Å². The lowest BCUT2D eigenvalue weighted by atomic mass is 10.1. The molecule has 3 rings (SSSR count). The van der Waals surface area contributed by atoms with Gasteiger partial charge in [-0.05, 0) is 23.3 Å². The predicted molar refractivity (Wildman–Crippen MR) is 107 cm³/mol. The lowest BCUT2D eigenvalue weighted by Gasteiger charge is -2.15. The number of nitrogens with one attached hydrogen (secondary N) is 1. The minimum absolute atomic E-state index is 0.0191. The zero-order chi connectivity index (χ0) is 21.7. The van der Waals surface area contributed by atoms with E-state index in [2.05, 4.69) is 5.32 Å². The van der Waals surface area contributed by atoms with E-state index in [-0.39, 0.29) is 23.4 Å². The molecular weight excluding hydrogens is 390 g/mol. The molecule has 0 saturated carbocycles. The third-order valence-corrected chi connectivity index (χ3v) is 4.40. The largest absolute Gasteiger partial charge is 0.479 e. The van der Waals surface area contributed by atoms with Gasteiger partial charge in [-0.3, -0.25) is 19.7 Å². The average molecular weight is 407 g/mol. The van der Waals surface area contributed by atoms with Gasteiger partial charge in [0.2, 0.25) is 0 Å². The summed E-state index contributed by atoms with van der Waals surface area (Å²) >= 11 is 0. The number of benzene rings is 2. The maximum absolute atomic E-state index is 12.7. The molecule has 9 nitrogen and oxygen atoms in total. The van der Waals surface area contributed by atoms with E-state index in [4.69, 9.17) is 0 Å². The Kier molecular flexibility index (Phi) is 6.02. The van der Waals surface area contributed by atoms with Gasteiger partial charge in [-0.15, -0.1) is 0 Å². The van der Waals surface area contributed by atoms with Crippen molar-refractivity contribution >= 4 is 17.6 Å². The highest BCUT2D eigenvalue weighted by Gasteiger charge is 2.25. The monoisotopic (exact) mass is 407 g/mol. The number of carbonyl (C=O) groups is 2. The second-order valence-electron chi connectivity index (χ2n) is 6.44. The molecule has 0 aliphatic heterocycles. The van der Waals surface area contributed by atoms with Crippen LogP contribution in [0.25, 0.3) is 0 Å². The zero-order valence-corrected chi connectivity index (χ0v) is 15.6. The molecule has 0 aliphatic carbocycles. The first-order valence-electron chi connectivity index (χ1n) is 8.88. The molecule has 1 unspecified atom stereocenters. The highest BCUT2D eigenvalue weighted by molar-refractivity contribution is 5.96.